The molecule has 0 N–H and O–H groups in total. The second-order valence-corrected chi connectivity index (χ2v) is 6.44. The quantitative estimate of drug-likeness (QED) is 0.580. The van der Waals surface area contributed by atoms with Crippen LogP contribution in [0.25, 0.3) is 0 Å². The van der Waals surface area contributed by atoms with Gasteiger partial charge in [-0.05, 0) is 50.6 Å². The molecule has 1 saturated heterocycles. The molecule has 0 amide bonds. The summed E-state index contributed by atoms with van der Waals surface area (Å²) in [5.41, 5.74) is 0. The van der Waals surface area contributed by atoms with Crippen LogP contribution >= 0.6 is 0 Å². The summed E-state index contributed by atoms with van der Waals surface area (Å²) in [5.74, 6) is 2.90. The van der Waals surface area contributed by atoms with Crippen LogP contribution in [0.1, 0.15) is 19.8 Å². The van der Waals surface area contributed by atoms with E-state index < -0.39 is 0 Å². The van der Waals surface area contributed by atoms with Crippen molar-refractivity contribution in [2.45, 2.75) is 19.8 Å². The lowest BCUT2D eigenvalue weighted by atomic mass is 10.2. The van der Waals surface area contributed by atoms with E-state index in [9.17, 15) is 0 Å². The Labute approximate surface area is 161 Å². The Bertz CT molecular complexity index is 686. The van der Waals surface area contributed by atoms with E-state index >= 15 is 0 Å². The number of benzene rings is 2. The number of para-hydroxylation sites is 4. The zero-order valence-corrected chi connectivity index (χ0v) is 16.1. The largest absolute Gasteiger partial charge is 0.490 e. The fourth-order valence-electron chi connectivity index (χ4n) is 3.03. The molecule has 1 aliphatic rings. The van der Waals surface area contributed by atoms with E-state index in [2.05, 4.69) is 4.90 Å². The molecule has 0 saturated carbocycles. The van der Waals surface area contributed by atoms with E-state index in [1.165, 1.54) is 0 Å². The van der Waals surface area contributed by atoms with Gasteiger partial charge in [0.25, 0.3) is 0 Å². The van der Waals surface area contributed by atoms with E-state index in [4.69, 9.17) is 18.9 Å². The van der Waals surface area contributed by atoms with Crippen LogP contribution in [0.15, 0.2) is 48.5 Å². The molecular weight excluding hydrogens is 342 g/mol. The second-order valence-electron chi connectivity index (χ2n) is 6.44. The molecule has 0 atom stereocenters. The number of hydrogen-bond donors (Lipinski definition) is 0. The summed E-state index contributed by atoms with van der Waals surface area (Å²) < 4.78 is 23.1. The molecule has 146 valence electrons. The summed E-state index contributed by atoms with van der Waals surface area (Å²) >= 11 is 0. The highest BCUT2D eigenvalue weighted by Crippen LogP contribution is 2.36. The second kappa shape index (κ2) is 10.8. The van der Waals surface area contributed by atoms with Gasteiger partial charge < -0.3 is 18.9 Å². The predicted octanol–water partition coefficient (Wildman–Crippen LogP) is 4.37. The Morgan fingerprint density at radius 1 is 0.815 bits per heavy atom. The third-order valence-corrected chi connectivity index (χ3v) is 4.45. The summed E-state index contributed by atoms with van der Waals surface area (Å²) in [6.45, 7) is 8.12. The number of hydrogen-bond acceptors (Lipinski definition) is 5. The Kier molecular flexibility index (Phi) is 7.81. The first kappa shape index (κ1) is 19.5. The highest BCUT2D eigenvalue weighted by Gasteiger charge is 2.11. The molecule has 0 aromatic heterocycles. The SMILES string of the molecule is CCOc1ccccc1Oc1ccccc1OCCCCN1CCOCC1. The summed E-state index contributed by atoms with van der Waals surface area (Å²) in [4.78, 5) is 2.45. The molecule has 0 bridgehead atoms. The maximum Gasteiger partial charge on any atom is 0.169 e. The van der Waals surface area contributed by atoms with Gasteiger partial charge >= 0.3 is 0 Å². The van der Waals surface area contributed by atoms with Crippen LogP contribution in [0.5, 0.6) is 23.0 Å². The third kappa shape index (κ3) is 6.15. The van der Waals surface area contributed by atoms with Crippen LogP contribution < -0.4 is 14.2 Å². The molecule has 1 fully saturated rings. The number of morpholine rings is 1. The lowest BCUT2D eigenvalue weighted by Gasteiger charge is -2.26. The standard InChI is InChI=1S/C22H29NO4/c1-2-25-19-9-3-5-11-21(19)27-22-12-6-4-10-20(22)26-16-8-7-13-23-14-17-24-18-15-23/h3-6,9-12H,2,7-8,13-18H2,1H3. The fraction of sp³-hybridized carbons (Fsp3) is 0.455. The first-order chi connectivity index (χ1) is 13.4. The molecule has 0 radical (unpaired) electrons. The number of ether oxygens (including phenoxy) is 4. The van der Waals surface area contributed by atoms with Crippen molar-refractivity contribution in [3.63, 3.8) is 0 Å². The topological polar surface area (TPSA) is 40.2 Å². The summed E-state index contributed by atoms with van der Waals surface area (Å²) in [6.07, 6.45) is 2.14. The Hall–Kier alpha value is -2.24. The summed E-state index contributed by atoms with van der Waals surface area (Å²) in [5, 5.41) is 0. The van der Waals surface area contributed by atoms with E-state index in [1.807, 2.05) is 55.5 Å². The molecule has 27 heavy (non-hydrogen) atoms. The summed E-state index contributed by atoms with van der Waals surface area (Å²) in [7, 11) is 0. The van der Waals surface area contributed by atoms with Crippen molar-refractivity contribution in [2.24, 2.45) is 0 Å². The minimum absolute atomic E-state index is 0.599. The van der Waals surface area contributed by atoms with Crippen molar-refractivity contribution in [3.05, 3.63) is 48.5 Å². The van der Waals surface area contributed by atoms with Crippen molar-refractivity contribution in [3.8, 4) is 23.0 Å². The van der Waals surface area contributed by atoms with Crippen LogP contribution in [0.4, 0.5) is 0 Å². The lowest BCUT2D eigenvalue weighted by Crippen LogP contribution is -2.36. The first-order valence-electron chi connectivity index (χ1n) is 9.78. The zero-order valence-electron chi connectivity index (χ0n) is 16.1. The predicted molar refractivity (Wildman–Crippen MR) is 106 cm³/mol. The maximum atomic E-state index is 6.07. The van der Waals surface area contributed by atoms with Gasteiger partial charge in [-0.15, -0.1) is 0 Å². The van der Waals surface area contributed by atoms with Crippen molar-refractivity contribution in [1.82, 2.24) is 4.90 Å². The Morgan fingerprint density at radius 2 is 1.41 bits per heavy atom. The van der Waals surface area contributed by atoms with Gasteiger partial charge in [-0.25, -0.2) is 0 Å². The molecule has 1 heterocycles. The molecule has 2 aromatic carbocycles. The van der Waals surface area contributed by atoms with Crippen LogP contribution in [0.2, 0.25) is 0 Å². The average molecular weight is 371 g/mol. The van der Waals surface area contributed by atoms with Crippen molar-refractivity contribution >= 4 is 0 Å². The molecule has 3 rings (SSSR count). The van der Waals surface area contributed by atoms with E-state index in [-0.39, 0.29) is 0 Å². The van der Waals surface area contributed by atoms with E-state index in [1.54, 1.807) is 0 Å². The van der Waals surface area contributed by atoms with Crippen LogP contribution in [0, 0.1) is 0 Å². The molecule has 0 aliphatic carbocycles. The highest BCUT2D eigenvalue weighted by atomic mass is 16.5. The van der Waals surface area contributed by atoms with Gasteiger partial charge in [0.05, 0.1) is 26.4 Å². The first-order valence-corrected chi connectivity index (χ1v) is 9.78. The molecular formula is C22H29NO4. The molecule has 1 aliphatic heterocycles. The van der Waals surface area contributed by atoms with Crippen molar-refractivity contribution < 1.29 is 18.9 Å². The Balaban J connectivity index is 1.50. The number of rotatable bonds is 10. The van der Waals surface area contributed by atoms with Crippen LogP contribution in [0.3, 0.4) is 0 Å². The van der Waals surface area contributed by atoms with Gasteiger partial charge in [0.2, 0.25) is 0 Å². The van der Waals surface area contributed by atoms with Gasteiger partial charge in [0, 0.05) is 13.1 Å². The average Bonchev–Trinajstić information content (AvgIpc) is 2.71. The fourth-order valence-corrected chi connectivity index (χ4v) is 3.03. The number of nitrogens with zero attached hydrogens (tertiary/aromatic N) is 1. The molecule has 5 nitrogen and oxygen atoms in total. The molecule has 2 aromatic rings. The summed E-state index contributed by atoms with van der Waals surface area (Å²) in [6, 6.07) is 15.5. The van der Waals surface area contributed by atoms with Crippen LogP contribution in [-0.2, 0) is 4.74 Å². The van der Waals surface area contributed by atoms with Crippen molar-refractivity contribution in [2.75, 3.05) is 46.1 Å². The molecule has 5 heteroatoms. The normalized spacial score (nSPS) is 14.7. The monoisotopic (exact) mass is 371 g/mol. The van der Waals surface area contributed by atoms with Gasteiger partial charge in [-0.1, -0.05) is 24.3 Å². The zero-order chi connectivity index (χ0) is 18.7. The van der Waals surface area contributed by atoms with Crippen molar-refractivity contribution in [1.29, 1.82) is 0 Å². The van der Waals surface area contributed by atoms with Gasteiger partial charge in [0.15, 0.2) is 23.0 Å². The smallest absolute Gasteiger partial charge is 0.169 e. The minimum atomic E-state index is 0.599. The van der Waals surface area contributed by atoms with E-state index in [0.29, 0.717) is 24.7 Å². The van der Waals surface area contributed by atoms with Gasteiger partial charge in [0.1, 0.15) is 0 Å². The Morgan fingerprint density at radius 3 is 2.04 bits per heavy atom. The lowest BCUT2D eigenvalue weighted by molar-refractivity contribution is 0.0368. The highest BCUT2D eigenvalue weighted by molar-refractivity contribution is 5.47. The number of unbranched alkanes of at least 4 members (excludes halogenated alkanes) is 1. The maximum absolute atomic E-state index is 6.07. The molecule has 0 spiro atoms. The van der Waals surface area contributed by atoms with Gasteiger partial charge in [-0.2, -0.15) is 0 Å². The van der Waals surface area contributed by atoms with Crippen LogP contribution in [-0.4, -0.2) is 51.0 Å². The molecule has 0 unspecified atom stereocenters. The third-order valence-electron chi connectivity index (χ3n) is 4.45. The minimum Gasteiger partial charge on any atom is -0.490 e. The van der Waals surface area contributed by atoms with Gasteiger partial charge in [-0.3, -0.25) is 4.90 Å². The van der Waals surface area contributed by atoms with E-state index in [0.717, 1.165) is 57.2 Å².